The number of carbonyl (C=O) groups excluding carboxylic acids is 1. The van der Waals surface area contributed by atoms with E-state index in [-0.39, 0.29) is 17.8 Å². The van der Waals surface area contributed by atoms with Gasteiger partial charge in [-0.1, -0.05) is 33.8 Å². The Labute approximate surface area is 198 Å². The molecule has 1 amide bonds. The molecule has 182 valence electrons. The fourth-order valence-corrected chi connectivity index (χ4v) is 4.47. The molecule has 1 fully saturated rings. The smallest absolute Gasteiger partial charge is 0.223 e. The molecule has 2 heterocycles. The number of anilines is 1. The van der Waals surface area contributed by atoms with Crippen molar-refractivity contribution in [1.82, 2.24) is 19.6 Å². The molecule has 0 spiro atoms. The van der Waals surface area contributed by atoms with Gasteiger partial charge in [-0.3, -0.25) is 4.79 Å². The van der Waals surface area contributed by atoms with E-state index < -0.39 is 0 Å². The van der Waals surface area contributed by atoms with Crippen molar-refractivity contribution in [2.24, 2.45) is 5.92 Å². The Kier molecular flexibility index (Phi) is 8.51. The number of hydrogen-bond donors (Lipinski definition) is 0. The standard InChI is InChI=1S/C26H40FN5O/c1-7-20(5)31(25(33)16-19(3)4)18-24-21(6)28-32(23-11-9-10-22(27)17-23)26(24)30-14-12-29(8-2)13-15-30/h9-11,17,19-20H,7-8,12-16,18H2,1-6H3/t20-/m1/s1. The summed E-state index contributed by atoms with van der Waals surface area (Å²) < 4.78 is 16.0. The molecule has 7 heteroatoms. The lowest BCUT2D eigenvalue weighted by molar-refractivity contribution is -0.134. The van der Waals surface area contributed by atoms with Crippen LogP contribution in [0.5, 0.6) is 0 Å². The fourth-order valence-electron chi connectivity index (χ4n) is 4.47. The topological polar surface area (TPSA) is 44.6 Å². The third-order valence-corrected chi connectivity index (χ3v) is 6.68. The van der Waals surface area contributed by atoms with Crippen LogP contribution in [0.2, 0.25) is 0 Å². The van der Waals surface area contributed by atoms with Crippen LogP contribution in [0.15, 0.2) is 24.3 Å². The van der Waals surface area contributed by atoms with Crippen molar-refractivity contribution >= 4 is 11.7 Å². The number of carbonyl (C=O) groups is 1. The monoisotopic (exact) mass is 457 g/mol. The van der Waals surface area contributed by atoms with Crippen LogP contribution in [0.4, 0.5) is 10.2 Å². The zero-order valence-electron chi connectivity index (χ0n) is 21.1. The Morgan fingerprint density at radius 2 is 1.85 bits per heavy atom. The number of rotatable bonds is 9. The van der Waals surface area contributed by atoms with E-state index in [0.717, 1.165) is 56.2 Å². The van der Waals surface area contributed by atoms with Gasteiger partial charge in [-0.15, -0.1) is 0 Å². The van der Waals surface area contributed by atoms with Gasteiger partial charge in [0, 0.05) is 44.2 Å². The van der Waals surface area contributed by atoms with Gasteiger partial charge in [-0.2, -0.15) is 5.10 Å². The number of halogens is 1. The van der Waals surface area contributed by atoms with E-state index in [1.54, 1.807) is 6.07 Å². The minimum atomic E-state index is -0.280. The number of nitrogens with zero attached hydrogens (tertiary/aromatic N) is 5. The number of aryl methyl sites for hydroxylation is 1. The quantitative estimate of drug-likeness (QED) is 0.551. The third kappa shape index (κ3) is 5.94. The Morgan fingerprint density at radius 1 is 1.15 bits per heavy atom. The molecular weight excluding hydrogens is 417 g/mol. The number of amides is 1. The highest BCUT2D eigenvalue weighted by molar-refractivity contribution is 5.77. The Morgan fingerprint density at radius 3 is 2.42 bits per heavy atom. The van der Waals surface area contributed by atoms with Gasteiger partial charge in [0.05, 0.1) is 17.9 Å². The average molecular weight is 458 g/mol. The average Bonchev–Trinajstić information content (AvgIpc) is 3.12. The van der Waals surface area contributed by atoms with Gasteiger partial charge in [0.1, 0.15) is 11.6 Å². The number of piperazine rings is 1. The summed E-state index contributed by atoms with van der Waals surface area (Å²) in [4.78, 5) is 20.0. The van der Waals surface area contributed by atoms with E-state index in [2.05, 4.69) is 44.4 Å². The van der Waals surface area contributed by atoms with E-state index in [1.807, 2.05) is 22.6 Å². The summed E-state index contributed by atoms with van der Waals surface area (Å²) in [7, 11) is 0. The fraction of sp³-hybridized carbons (Fsp3) is 0.615. The first-order valence-corrected chi connectivity index (χ1v) is 12.4. The molecule has 6 nitrogen and oxygen atoms in total. The van der Waals surface area contributed by atoms with Gasteiger partial charge in [0.2, 0.25) is 5.91 Å². The predicted molar refractivity (Wildman–Crippen MR) is 132 cm³/mol. The van der Waals surface area contributed by atoms with Crippen molar-refractivity contribution in [2.45, 2.75) is 67.0 Å². The lowest BCUT2D eigenvalue weighted by Gasteiger charge is -2.37. The molecule has 0 aliphatic carbocycles. The Balaban J connectivity index is 2.05. The summed E-state index contributed by atoms with van der Waals surface area (Å²) in [5.74, 6) is 1.19. The van der Waals surface area contributed by atoms with Gasteiger partial charge >= 0.3 is 0 Å². The summed E-state index contributed by atoms with van der Waals surface area (Å²) in [6.45, 7) is 17.9. The molecular formula is C26H40FN5O. The van der Waals surface area contributed by atoms with Gasteiger partial charge < -0.3 is 14.7 Å². The molecule has 0 N–H and O–H groups in total. The zero-order chi connectivity index (χ0) is 24.1. The van der Waals surface area contributed by atoms with Crippen LogP contribution < -0.4 is 4.90 Å². The van der Waals surface area contributed by atoms with Crippen LogP contribution in [0.3, 0.4) is 0 Å². The van der Waals surface area contributed by atoms with Crippen LogP contribution >= 0.6 is 0 Å². The minimum absolute atomic E-state index is 0.137. The van der Waals surface area contributed by atoms with Crippen molar-refractivity contribution in [1.29, 1.82) is 0 Å². The SMILES string of the molecule is CC[C@@H](C)N(Cc1c(C)nn(-c2cccc(F)c2)c1N1CCN(CC)CC1)C(=O)CC(C)C. The van der Waals surface area contributed by atoms with E-state index in [9.17, 15) is 9.18 Å². The summed E-state index contributed by atoms with van der Waals surface area (Å²) in [6, 6.07) is 6.73. The highest BCUT2D eigenvalue weighted by Crippen LogP contribution is 2.31. The van der Waals surface area contributed by atoms with Crippen molar-refractivity contribution in [2.75, 3.05) is 37.6 Å². The van der Waals surface area contributed by atoms with Crippen molar-refractivity contribution < 1.29 is 9.18 Å². The molecule has 1 saturated heterocycles. The number of hydrogen-bond acceptors (Lipinski definition) is 4. The van der Waals surface area contributed by atoms with Gasteiger partial charge in [0.15, 0.2) is 0 Å². The lowest BCUT2D eigenvalue weighted by atomic mass is 10.1. The van der Waals surface area contributed by atoms with Gasteiger partial charge in [-0.25, -0.2) is 9.07 Å². The molecule has 0 radical (unpaired) electrons. The molecule has 3 rings (SSSR count). The Bertz CT molecular complexity index is 933. The van der Waals surface area contributed by atoms with Gasteiger partial charge in [-0.05, 0) is 50.9 Å². The van der Waals surface area contributed by atoms with Crippen molar-refractivity contribution in [3.05, 3.63) is 41.3 Å². The molecule has 33 heavy (non-hydrogen) atoms. The molecule has 1 aliphatic heterocycles. The summed E-state index contributed by atoms with van der Waals surface area (Å²) in [5, 5.41) is 4.85. The molecule has 1 aromatic carbocycles. The van der Waals surface area contributed by atoms with E-state index in [0.29, 0.717) is 24.6 Å². The minimum Gasteiger partial charge on any atom is -0.354 e. The largest absolute Gasteiger partial charge is 0.354 e. The maximum Gasteiger partial charge on any atom is 0.223 e. The predicted octanol–water partition coefficient (Wildman–Crippen LogP) is 4.63. The summed E-state index contributed by atoms with van der Waals surface area (Å²) in [5.41, 5.74) is 2.65. The molecule has 2 aromatic rings. The maximum absolute atomic E-state index is 14.1. The lowest BCUT2D eigenvalue weighted by Crippen LogP contribution is -2.47. The summed E-state index contributed by atoms with van der Waals surface area (Å²) >= 11 is 0. The van der Waals surface area contributed by atoms with E-state index in [4.69, 9.17) is 5.10 Å². The summed E-state index contributed by atoms with van der Waals surface area (Å²) in [6.07, 6.45) is 1.43. The van der Waals surface area contributed by atoms with Crippen LogP contribution in [0.1, 0.15) is 58.7 Å². The van der Waals surface area contributed by atoms with Crippen molar-refractivity contribution in [3.8, 4) is 5.69 Å². The van der Waals surface area contributed by atoms with Crippen LogP contribution in [0.25, 0.3) is 5.69 Å². The zero-order valence-corrected chi connectivity index (χ0v) is 21.1. The maximum atomic E-state index is 14.1. The second kappa shape index (κ2) is 11.1. The second-order valence-corrected chi connectivity index (χ2v) is 9.58. The normalized spacial score (nSPS) is 15.8. The van der Waals surface area contributed by atoms with Crippen molar-refractivity contribution in [3.63, 3.8) is 0 Å². The van der Waals surface area contributed by atoms with Crippen LogP contribution in [0, 0.1) is 18.7 Å². The number of benzene rings is 1. The number of likely N-dealkylation sites (N-methyl/N-ethyl adjacent to an activating group) is 1. The first kappa shape index (κ1) is 25.2. The third-order valence-electron chi connectivity index (χ3n) is 6.68. The first-order chi connectivity index (χ1) is 15.7. The van der Waals surface area contributed by atoms with E-state index >= 15 is 0 Å². The highest BCUT2D eigenvalue weighted by atomic mass is 19.1. The number of aromatic nitrogens is 2. The molecule has 0 saturated carbocycles. The second-order valence-electron chi connectivity index (χ2n) is 9.58. The van der Waals surface area contributed by atoms with Gasteiger partial charge in [0.25, 0.3) is 0 Å². The molecule has 1 aliphatic rings. The van der Waals surface area contributed by atoms with E-state index in [1.165, 1.54) is 12.1 Å². The molecule has 0 bridgehead atoms. The van der Waals surface area contributed by atoms with Crippen LogP contribution in [-0.2, 0) is 11.3 Å². The molecule has 1 aromatic heterocycles. The highest BCUT2D eigenvalue weighted by Gasteiger charge is 2.29. The Hall–Kier alpha value is -2.41. The first-order valence-electron chi connectivity index (χ1n) is 12.4. The van der Waals surface area contributed by atoms with Crippen LogP contribution in [-0.4, -0.2) is 64.3 Å². The molecule has 0 unspecified atom stereocenters. The molecule has 1 atom stereocenters.